The summed E-state index contributed by atoms with van der Waals surface area (Å²) >= 11 is 1.69. The summed E-state index contributed by atoms with van der Waals surface area (Å²) in [6.45, 7) is 4.11. The van der Waals surface area contributed by atoms with Crippen LogP contribution in [0.25, 0.3) is 0 Å². The highest BCUT2D eigenvalue weighted by Gasteiger charge is 1.99. The molecular weight excluding hydrogens is 271 g/mol. The standard InChI is InChI=1S/C16H19FN2S/c1-2-7-18-9-13-3-5-16(6-4-13)20-12-14-8-15(17)11-19-10-14/h3-6,8,10-11,18H,2,7,9,12H2,1H3. The Balaban J connectivity index is 1.84. The average Bonchev–Trinajstić information content (AvgIpc) is 2.47. The lowest BCUT2D eigenvalue weighted by Gasteiger charge is -2.05. The highest BCUT2D eigenvalue weighted by Crippen LogP contribution is 2.23. The van der Waals surface area contributed by atoms with Crippen molar-refractivity contribution in [3.05, 3.63) is 59.7 Å². The molecule has 1 aromatic heterocycles. The fourth-order valence-electron chi connectivity index (χ4n) is 1.81. The summed E-state index contributed by atoms with van der Waals surface area (Å²) in [6.07, 6.45) is 4.08. The van der Waals surface area contributed by atoms with Crippen LogP contribution in [0.4, 0.5) is 4.39 Å². The van der Waals surface area contributed by atoms with Crippen LogP contribution in [0, 0.1) is 5.82 Å². The average molecular weight is 290 g/mol. The molecule has 1 heterocycles. The first-order valence-electron chi connectivity index (χ1n) is 6.80. The highest BCUT2D eigenvalue weighted by atomic mass is 32.2. The number of hydrogen-bond acceptors (Lipinski definition) is 3. The van der Waals surface area contributed by atoms with Gasteiger partial charge in [-0.15, -0.1) is 11.8 Å². The van der Waals surface area contributed by atoms with E-state index >= 15 is 0 Å². The lowest BCUT2D eigenvalue weighted by atomic mass is 10.2. The van der Waals surface area contributed by atoms with Crippen LogP contribution in [-0.4, -0.2) is 11.5 Å². The van der Waals surface area contributed by atoms with Crippen LogP contribution in [-0.2, 0) is 12.3 Å². The number of benzene rings is 1. The van der Waals surface area contributed by atoms with Crippen LogP contribution in [0.1, 0.15) is 24.5 Å². The van der Waals surface area contributed by atoms with E-state index in [4.69, 9.17) is 0 Å². The second-order valence-corrected chi connectivity index (χ2v) is 5.67. The third-order valence-electron chi connectivity index (χ3n) is 2.85. The van der Waals surface area contributed by atoms with Crippen LogP contribution in [0.15, 0.2) is 47.6 Å². The van der Waals surface area contributed by atoms with Gasteiger partial charge in [-0.2, -0.15) is 0 Å². The van der Waals surface area contributed by atoms with E-state index in [1.54, 1.807) is 18.0 Å². The Bertz CT molecular complexity index is 528. The highest BCUT2D eigenvalue weighted by molar-refractivity contribution is 7.98. The summed E-state index contributed by atoms with van der Waals surface area (Å²) in [6, 6.07) is 10.0. The molecular formula is C16H19FN2S. The van der Waals surface area contributed by atoms with Crippen LogP contribution in [0.3, 0.4) is 0 Å². The maximum atomic E-state index is 13.0. The van der Waals surface area contributed by atoms with Gasteiger partial charge < -0.3 is 5.32 Å². The summed E-state index contributed by atoms with van der Waals surface area (Å²) in [5, 5.41) is 3.38. The Hall–Kier alpha value is -1.39. The van der Waals surface area contributed by atoms with Crippen molar-refractivity contribution >= 4 is 11.8 Å². The SMILES string of the molecule is CCCNCc1ccc(SCc2cncc(F)c2)cc1. The van der Waals surface area contributed by atoms with Crippen molar-refractivity contribution in [3.63, 3.8) is 0 Å². The molecule has 20 heavy (non-hydrogen) atoms. The van der Waals surface area contributed by atoms with Crippen molar-refractivity contribution in [3.8, 4) is 0 Å². The van der Waals surface area contributed by atoms with Crippen molar-refractivity contribution in [1.82, 2.24) is 10.3 Å². The molecule has 0 aliphatic carbocycles. The Morgan fingerprint density at radius 3 is 2.65 bits per heavy atom. The maximum absolute atomic E-state index is 13.0. The van der Waals surface area contributed by atoms with E-state index in [0.29, 0.717) is 0 Å². The van der Waals surface area contributed by atoms with E-state index in [1.165, 1.54) is 22.7 Å². The number of pyridine rings is 1. The smallest absolute Gasteiger partial charge is 0.141 e. The number of halogens is 1. The van der Waals surface area contributed by atoms with Crippen molar-refractivity contribution < 1.29 is 4.39 Å². The normalized spacial score (nSPS) is 10.7. The fraction of sp³-hybridized carbons (Fsp3) is 0.312. The maximum Gasteiger partial charge on any atom is 0.141 e. The number of aromatic nitrogens is 1. The lowest BCUT2D eigenvalue weighted by molar-refractivity contribution is 0.619. The van der Waals surface area contributed by atoms with E-state index in [2.05, 4.69) is 41.5 Å². The molecule has 2 rings (SSSR count). The number of rotatable bonds is 7. The van der Waals surface area contributed by atoms with Crippen LogP contribution < -0.4 is 5.32 Å². The molecule has 0 aliphatic heterocycles. The molecule has 0 amide bonds. The van der Waals surface area contributed by atoms with Crippen LogP contribution >= 0.6 is 11.8 Å². The summed E-state index contributed by atoms with van der Waals surface area (Å²) in [4.78, 5) is 5.04. The fourth-order valence-corrected chi connectivity index (χ4v) is 2.63. The van der Waals surface area contributed by atoms with E-state index in [1.807, 2.05) is 0 Å². The zero-order valence-electron chi connectivity index (χ0n) is 11.6. The van der Waals surface area contributed by atoms with Crippen molar-refractivity contribution in [2.45, 2.75) is 30.5 Å². The van der Waals surface area contributed by atoms with Crippen LogP contribution in [0.5, 0.6) is 0 Å². The van der Waals surface area contributed by atoms with E-state index in [9.17, 15) is 4.39 Å². The number of nitrogens with zero attached hydrogens (tertiary/aromatic N) is 1. The molecule has 0 spiro atoms. The summed E-state index contributed by atoms with van der Waals surface area (Å²) < 4.78 is 13.0. The molecule has 1 N–H and O–H groups in total. The Morgan fingerprint density at radius 2 is 1.95 bits per heavy atom. The molecule has 0 unspecified atom stereocenters. The van der Waals surface area contributed by atoms with E-state index < -0.39 is 0 Å². The van der Waals surface area contributed by atoms with Gasteiger partial charge in [-0.05, 0) is 42.3 Å². The number of thioether (sulfide) groups is 1. The zero-order chi connectivity index (χ0) is 14.2. The second kappa shape index (κ2) is 8.02. The molecule has 0 saturated carbocycles. The second-order valence-electron chi connectivity index (χ2n) is 4.62. The summed E-state index contributed by atoms with van der Waals surface area (Å²) in [7, 11) is 0. The first kappa shape index (κ1) is 15.0. The predicted molar refractivity (Wildman–Crippen MR) is 82.2 cm³/mol. The molecule has 0 saturated heterocycles. The van der Waals surface area contributed by atoms with Crippen LogP contribution in [0.2, 0.25) is 0 Å². The largest absolute Gasteiger partial charge is 0.313 e. The van der Waals surface area contributed by atoms with E-state index in [-0.39, 0.29) is 5.82 Å². The predicted octanol–water partition coefficient (Wildman–Crippen LogP) is 4.01. The molecule has 4 heteroatoms. The zero-order valence-corrected chi connectivity index (χ0v) is 12.4. The van der Waals surface area contributed by atoms with Gasteiger partial charge in [-0.25, -0.2) is 4.39 Å². The van der Waals surface area contributed by atoms with Gasteiger partial charge in [0.15, 0.2) is 0 Å². The van der Waals surface area contributed by atoms with Crippen molar-refractivity contribution in [2.75, 3.05) is 6.54 Å². The van der Waals surface area contributed by atoms with Crippen molar-refractivity contribution in [1.29, 1.82) is 0 Å². The van der Waals surface area contributed by atoms with Crippen molar-refractivity contribution in [2.24, 2.45) is 0 Å². The molecule has 0 radical (unpaired) electrons. The van der Waals surface area contributed by atoms with Gasteiger partial charge in [0.05, 0.1) is 6.20 Å². The minimum atomic E-state index is -0.277. The molecule has 0 fully saturated rings. The van der Waals surface area contributed by atoms with E-state index in [0.717, 1.165) is 30.8 Å². The number of nitrogens with one attached hydrogen (secondary N) is 1. The third-order valence-corrected chi connectivity index (χ3v) is 3.93. The third kappa shape index (κ3) is 4.94. The van der Waals surface area contributed by atoms with Gasteiger partial charge in [0, 0.05) is 23.4 Å². The first-order chi connectivity index (χ1) is 9.78. The van der Waals surface area contributed by atoms with Gasteiger partial charge in [0.2, 0.25) is 0 Å². The minimum absolute atomic E-state index is 0.277. The summed E-state index contributed by atoms with van der Waals surface area (Å²) in [5.41, 5.74) is 2.19. The quantitative estimate of drug-likeness (QED) is 0.616. The molecule has 2 nitrogen and oxygen atoms in total. The van der Waals surface area contributed by atoms with Gasteiger partial charge in [-0.3, -0.25) is 4.98 Å². The van der Waals surface area contributed by atoms with Gasteiger partial charge in [0.1, 0.15) is 5.82 Å². The molecule has 1 aromatic carbocycles. The van der Waals surface area contributed by atoms with Gasteiger partial charge in [0.25, 0.3) is 0 Å². The molecule has 106 valence electrons. The lowest BCUT2D eigenvalue weighted by Crippen LogP contribution is -2.13. The number of hydrogen-bond donors (Lipinski definition) is 1. The Kier molecular flexibility index (Phi) is 6.02. The topological polar surface area (TPSA) is 24.9 Å². The molecule has 0 bridgehead atoms. The monoisotopic (exact) mass is 290 g/mol. The van der Waals surface area contributed by atoms with Gasteiger partial charge >= 0.3 is 0 Å². The summed E-state index contributed by atoms with van der Waals surface area (Å²) in [5.74, 6) is 0.457. The molecule has 2 aromatic rings. The Morgan fingerprint density at radius 1 is 1.15 bits per heavy atom. The minimum Gasteiger partial charge on any atom is -0.313 e. The molecule has 0 aliphatic rings. The molecule has 0 atom stereocenters. The Labute approximate surface area is 123 Å². The first-order valence-corrected chi connectivity index (χ1v) is 7.78. The van der Waals surface area contributed by atoms with Gasteiger partial charge in [-0.1, -0.05) is 19.1 Å².